The number of rotatable bonds is 3. The quantitative estimate of drug-likeness (QED) is 0.237. The minimum atomic E-state index is 0.142. The van der Waals surface area contributed by atoms with E-state index in [9.17, 15) is 0 Å². The van der Waals surface area contributed by atoms with Crippen LogP contribution in [0.1, 0.15) is 0 Å². The van der Waals surface area contributed by atoms with Crippen LogP contribution in [0.4, 0.5) is 0 Å². The standard InChI is InChI=1S/C30H21B.C6H6/c1-4-16-25-22(10-1)13-7-19-28(25)31(29-20-8-14-23-11-2-5-17-26(23)29)30-21-9-15-24-12-3-6-18-27(24)30;1-2-4-6-5-3-1/h1-21H;1-6H. The molecule has 0 heterocycles. The van der Waals surface area contributed by atoms with Gasteiger partial charge in [-0.1, -0.05) is 180 Å². The predicted octanol–water partition coefficient (Wildman–Crippen LogP) is 7.35. The largest absolute Gasteiger partial charge is 0.243 e. The molecule has 7 rings (SSSR count). The van der Waals surface area contributed by atoms with Crippen LogP contribution in [0.25, 0.3) is 32.3 Å². The Morgan fingerprint density at radius 3 is 0.838 bits per heavy atom. The molecule has 37 heavy (non-hydrogen) atoms. The fourth-order valence-electron chi connectivity index (χ4n) is 5.39. The first-order chi connectivity index (χ1) is 18.4. The number of hydrogen-bond donors (Lipinski definition) is 0. The van der Waals surface area contributed by atoms with E-state index in [1.54, 1.807) is 0 Å². The number of fused-ring (bicyclic) bond motifs is 3. The average Bonchev–Trinajstić information content (AvgIpc) is 2.99. The zero-order valence-corrected chi connectivity index (χ0v) is 20.7. The molecule has 0 saturated carbocycles. The lowest BCUT2D eigenvalue weighted by Crippen LogP contribution is -2.52. The highest BCUT2D eigenvalue weighted by Crippen LogP contribution is 2.18. The van der Waals surface area contributed by atoms with Gasteiger partial charge >= 0.3 is 0 Å². The van der Waals surface area contributed by atoms with E-state index in [0.717, 1.165) is 0 Å². The fraction of sp³-hybridized carbons (Fsp3) is 0. The van der Waals surface area contributed by atoms with Crippen LogP contribution in [-0.4, -0.2) is 6.71 Å². The summed E-state index contributed by atoms with van der Waals surface area (Å²) in [4.78, 5) is 0. The summed E-state index contributed by atoms with van der Waals surface area (Å²) in [5, 5.41) is 7.80. The molecule has 0 radical (unpaired) electrons. The summed E-state index contributed by atoms with van der Waals surface area (Å²) in [5.41, 5.74) is 4.06. The molecule has 0 fully saturated rings. The summed E-state index contributed by atoms with van der Waals surface area (Å²) < 4.78 is 0. The highest BCUT2D eigenvalue weighted by atomic mass is 14.1. The van der Waals surface area contributed by atoms with Gasteiger partial charge < -0.3 is 0 Å². The highest BCUT2D eigenvalue weighted by Gasteiger charge is 2.26. The Hall–Kier alpha value is -4.62. The van der Waals surface area contributed by atoms with E-state index < -0.39 is 0 Å². The van der Waals surface area contributed by atoms with Gasteiger partial charge in [0.2, 0.25) is 6.71 Å². The third kappa shape index (κ3) is 4.64. The predicted molar refractivity (Wildman–Crippen MR) is 163 cm³/mol. The summed E-state index contributed by atoms with van der Waals surface area (Å²) in [7, 11) is 0. The van der Waals surface area contributed by atoms with E-state index in [1.165, 1.54) is 48.7 Å². The van der Waals surface area contributed by atoms with E-state index in [4.69, 9.17) is 0 Å². The second kappa shape index (κ2) is 10.6. The molecule has 0 spiro atoms. The van der Waals surface area contributed by atoms with E-state index >= 15 is 0 Å². The maximum atomic E-state index is 2.30. The molecular weight excluding hydrogens is 443 g/mol. The topological polar surface area (TPSA) is 0 Å². The molecular formula is C36H27B. The molecule has 0 aliphatic carbocycles. The molecule has 174 valence electrons. The van der Waals surface area contributed by atoms with Gasteiger partial charge in [-0.15, -0.1) is 0 Å². The molecule has 0 nitrogen and oxygen atoms in total. The Kier molecular flexibility index (Phi) is 6.51. The van der Waals surface area contributed by atoms with Crippen molar-refractivity contribution in [2.45, 2.75) is 0 Å². The SMILES string of the molecule is c1ccc2c(B(c3cccc4ccccc34)c3cccc4ccccc34)cccc2c1.c1ccccc1. The smallest absolute Gasteiger partial charge is 0.0663 e. The lowest BCUT2D eigenvalue weighted by atomic mass is 9.35. The van der Waals surface area contributed by atoms with Gasteiger partial charge in [-0.25, -0.2) is 0 Å². The normalized spacial score (nSPS) is 10.7. The van der Waals surface area contributed by atoms with E-state index in [2.05, 4.69) is 127 Å². The second-order valence-corrected chi connectivity index (χ2v) is 9.29. The van der Waals surface area contributed by atoms with Crippen molar-refractivity contribution in [3.8, 4) is 0 Å². The molecule has 0 aliphatic rings. The highest BCUT2D eigenvalue weighted by molar-refractivity contribution is 6.99. The van der Waals surface area contributed by atoms with Gasteiger partial charge in [-0.2, -0.15) is 0 Å². The van der Waals surface area contributed by atoms with Gasteiger partial charge in [-0.3, -0.25) is 0 Å². The van der Waals surface area contributed by atoms with Gasteiger partial charge in [0, 0.05) is 0 Å². The van der Waals surface area contributed by atoms with Crippen LogP contribution in [0, 0.1) is 0 Å². The van der Waals surface area contributed by atoms with Gasteiger partial charge in [0.05, 0.1) is 0 Å². The first kappa shape index (κ1) is 22.8. The maximum Gasteiger partial charge on any atom is 0.243 e. The maximum absolute atomic E-state index is 2.30. The molecule has 1 heteroatoms. The van der Waals surface area contributed by atoms with E-state index in [0.29, 0.717) is 0 Å². The zero-order valence-electron chi connectivity index (χ0n) is 20.7. The van der Waals surface area contributed by atoms with E-state index in [-0.39, 0.29) is 6.71 Å². The lowest BCUT2D eigenvalue weighted by Gasteiger charge is -2.21. The van der Waals surface area contributed by atoms with Crippen LogP contribution in [0.5, 0.6) is 0 Å². The van der Waals surface area contributed by atoms with Crippen molar-refractivity contribution in [3.05, 3.63) is 164 Å². The minimum absolute atomic E-state index is 0.142. The Balaban J connectivity index is 0.000000372. The molecule has 7 aromatic carbocycles. The Labute approximate surface area is 218 Å². The van der Waals surface area contributed by atoms with Crippen LogP contribution in [0.2, 0.25) is 0 Å². The fourth-order valence-corrected chi connectivity index (χ4v) is 5.39. The Bertz CT molecular complexity index is 1560. The Morgan fingerprint density at radius 2 is 0.514 bits per heavy atom. The van der Waals surface area contributed by atoms with Crippen LogP contribution in [0.3, 0.4) is 0 Å². The van der Waals surface area contributed by atoms with Gasteiger partial charge in [-0.05, 0) is 32.3 Å². The Morgan fingerprint density at radius 1 is 0.243 bits per heavy atom. The molecule has 0 aromatic heterocycles. The van der Waals surface area contributed by atoms with Gasteiger partial charge in [0.15, 0.2) is 0 Å². The molecule has 0 N–H and O–H groups in total. The first-order valence-electron chi connectivity index (χ1n) is 12.8. The van der Waals surface area contributed by atoms with E-state index in [1.807, 2.05) is 36.4 Å². The molecule has 0 atom stereocenters. The molecule has 7 aromatic rings. The zero-order chi connectivity index (χ0) is 24.9. The average molecular weight is 470 g/mol. The van der Waals surface area contributed by atoms with Crippen molar-refractivity contribution in [2.24, 2.45) is 0 Å². The van der Waals surface area contributed by atoms with Crippen molar-refractivity contribution < 1.29 is 0 Å². The lowest BCUT2D eigenvalue weighted by molar-refractivity contribution is 1.72. The third-order valence-electron chi connectivity index (χ3n) is 7.07. The molecule has 0 unspecified atom stereocenters. The first-order valence-corrected chi connectivity index (χ1v) is 12.8. The summed E-state index contributed by atoms with van der Waals surface area (Å²) in [6.45, 7) is 0.142. The van der Waals surface area contributed by atoms with Crippen LogP contribution in [-0.2, 0) is 0 Å². The van der Waals surface area contributed by atoms with Crippen LogP contribution < -0.4 is 16.4 Å². The summed E-state index contributed by atoms with van der Waals surface area (Å²) >= 11 is 0. The summed E-state index contributed by atoms with van der Waals surface area (Å²) in [6, 6.07) is 58.3. The van der Waals surface area contributed by atoms with Gasteiger partial charge in [0.1, 0.15) is 0 Å². The third-order valence-corrected chi connectivity index (χ3v) is 7.07. The van der Waals surface area contributed by atoms with Crippen molar-refractivity contribution >= 4 is 55.4 Å². The van der Waals surface area contributed by atoms with Gasteiger partial charge in [0.25, 0.3) is 0 Å². The van der Waals surface area contributed by atoms with Crippen molar-refractivity contribution in [2.75, 3.05) is 0 Å². The molecule has 0 amide bonds. The van der Waals surface area contributed by atoms with Crippen LogP contribution >= 0.6 is 0 Å². The minimum Gasteiger partial charge on any atom is -0.0663 e. The summed E-state index contributed by atoms with van der Waals surface area (Å²) in [5.74, 6) is 0. The van der Waals surface area contributed by atoms with Crippen molar-refractivity contribution in [1.82, 2.24) is 0 Å². The van der Waals surface area contributed by atoms with Crippen molar-refractivity contribution in [3.63, 3.8) is 0 Å². The molecule has 0 bridgehead atoms. The monoisotopic (exact) mass is 470 g/mol. The summed E-state index contributed by atoms with van der Waals surface area (Å²) in [6.07, 6.45) is 0. The van der Waals surface area contributed by atoms with Crippen molar-refractivity contribution in [1.29, 1.82) is 0 Å². The number of hydrogen-bond acceptors (Lipinski definition) is 0. The van der Waals surface area contributed by atoms with Crippen LogP contribution in [0.15, 0.2) is 164 Å². The molecule has 0 saturated heterocycles. The molecule has 0 aliphatic heterocycles. The number of benzene rings is 7. The second-order valence-electron chi connectivity index (χ2n) is 9.29.